The van der Waals surface area contributed by atoms with Crippen LogP contribution in [0.25, 0.3) is 0 Å². The van der Waals surface area contributed by atoms with Crippen LogP contribution in [0.2, 0.25) is 0 Å². The molecule has 0 N–H and O–H groups in total. The predicted molar refractivity (Wildman–Crippen MR) is 75.8 cm³/mol. The van der Waals surface area contributed by atoms with Crippen molar-refractivity contribution in [1.82, 2.24) is 0 Å². The molecule has 3 rings (SSSR count). The predicted octanol–water partition coefficient (Wildman–Crippen LogP) is 0.146. The van der Waals surface area contributed by atoms with E-state index in [0.717, 1.165) is 0 Å². The third-order valence-electron chi connectivity index (χ3n) is 4.82. The summed E-state index contributed by atoms with van der Waals surface area (Å²) in [6.45, 7) is 4.78. The molecule has 3 aliphatic heterocycles. The highest BCUT2D eigenvalue weighted by Gasteiger charge is 2.67. The normalized spacial score (nSPS) is 36.9. The van der Waals surface area contributed by atoms with Gasteiger partial charge in [0, 0.05) is 0 Å². The molecule has 0 aromatic heterocycles. The first kappa shape index (κ1) is 16.7. The fourth-order valence-electron chi connectivity index (χ4n) is 3.02. The van der Waals surface area contributed by atoms with E-state index < -0.39 is 63.7 Å². The van der Waals surface area contributed by atoms with Crippen LogP contribution in [-0.4, -0.2) is 56.6 Å². The van der Waals surface area contributed by atoms with Crippen molar-refractivity contribution in [3.05, 3.63) is 0 Å². The van der Waals surface area contributed by atoms with Crippen molar-refractivity contribution < 1.29 is 36.4 Å². The van der Waals surface area contributed by atoms with Crippen LogP contribution < -0.4 is 0 Å². The Morgan fingerprint density at radius 2 is 1.96 bits per heavy atom. The van der Waals surface area contributed by atoms with Crippen molar-refractivity contribution >= 4 is 22.1 Å². The van der Waals surface area contributed by atoms with Crippen LogP contribution in [0.4, 0.5) is 0 Å². The van der Waals surface area contributed by atoms with E-state index in [4.69, 9.17) is 18.4 Å². The molecule has 3 saturated heterocycles. The van der Waals surface area contributed by atoms with Gasteiger partial charge in [-0.2, -0.15) is 8.42 Å². The summed E-state index contributed by atoms with van der Waals surface area (Å²) in [5.41, 5.74) is -0.675. The molecule has 0 spiro atoms. The molecule has 5 atom stereocenters. The smallest absolute Gasteiger partial charge is 0.344 e. The van der Waals surface area contributed by atoms with Gasteiger partial charge in [0.15, 0.2) is 12.7 Å². The van der Waals surface area contributed by atoms with Gasteiger partial charge in [-0.15, -0.1) is 0 Å². The first-order valence-corrected chi connectivity index (χ1v) is 9.07. The zero-order valence-electron chi connectivity index (χ0n) is 13.2. The average molecular weight is 348 g/mol. The van der Waals surface area contributed by atoms with Crippen LogP contribution in [0.1, 0.15) is 33.6 Å². The minimum absolute atomic E-state index is 0.254. The minimum Gasteiger partial charge on any atom is -0.454 e. The summed E-state index contributed by atoms with van der Waals surface area (Å²) in [5.74, 6) is -1.23. The van der Waals surface area contributed by atoms with E-state index in [1.54, 1.807) is 13.8 Å². The maximum absolute atomic E-state index is 11.9. The number of fused-ring (bicyclic) bond motifs is 1. The lowest BCUT2D eigenvalue weighted by atomic mass is 9.91. The molecular weight excluding hydrogens is 328 g/mol. The largest absolute Gasteiger partial charge is 0.454 e. The minimum atomic E-state index is -3.65. The molecule has 9 heteroatoms. The zero-order valence-corrected chi connectivity index (χ0v) is 14.0. The van der Waals surface area contributed by atoms with Crippen molar-refractivity contribution in [2.45, 2.75) is 63.3 Å². The molecule has 0 aromatic carbocycles. The summed E-state index contributed by atoms with van der Waals surface area (Å²) >= 11 is 0. The van der Waals surface area contributed by atoms with Gasteiger partial charge in [-0.3, -0.25) is 8.98 Å². The average Bonchev–Trinajstić information content (AvgIpc) is 3.08. The lowest BCUT2D eigenvalue weighted by Crippen LogP contribution is -2.42. The second-order valence-corrected chi connectivity index (χ2v) is 8.52. The Morgan fingerprint density at radius 1 is 1.26 bits per heavy atom. The van der Waals surface area contributed by atoms with Gasteiger partial charge in [-0.25, -0.2) is 4.79 Å². The van der Waals surface area contributed by atoms with Crippen molar-refractivity contribution in [2.24, 2.45) is 5.41 Å². The number of esters is 2. The van der Waals surface area contributed by atoms with Gasteiger partial charge in [0.1, 0.15) is 17.5 Å². The number of ether oxygens (including phenoxy) is 3. The van der Waals surface area contributed by atoms with E-state index >= 15 is 0 Å². The SMILES string of the molecule is CCC(C)(C)C(=O)OCC(=O)OC1C2CC3C(O2)C1OS3(=O)=O. The Kier molecular flexibility index (Phi) is 3.93. The molecule has 3 fully saturated rings. The van der Waals surface area contributed by atoms with Gasteiger partial charge in [0.2, 0.25) is 0 Å². The van der Waals surface area contributed by atoms with Gasteiger partial charge in [0.05, 0.1) is 11.5 Å². The monoisotopic (exact) mass is 348 g/mol. The third kappa shape index (κ3) is 2.74. The summed E-state index contributed by atoms with van der Waals surface area (Å²) in [7, 11) is -3.65. The van der Waals surface area contributed by atoms with Gasteiger partial charge in [-0.1, -0.05) is 6.92 Å². The summed E-state index contributed by atoms with van der Waals surface area (Å²) in [6.07, 6.45) is -1.81. The number of rotatable bonds is 5. The molecule has 0 aliphatic carbocycles. The molecule has 8 nitrogen and oxygen atoms in total. The number of carbonyl (C=O) groups excluding carboxylic acids is 2. The van der Waals surface area contributed by atoms with Gasteiger partial charge < -0.3 is 14.2 Å². The molecule has 130 valence electrons. The maximum atomic E-state index is 11.9. The Labute approximate surface area is 134 Å². The number of hydrogen-bond acceptors (Lipinski definition) is 8. The van der Waals surface area contributed by atoms with E-state index in [1.807, 2.05) is 6.92 Å². The van der Waals surface area contributed by atoms with E-state index in [-0.39, 0.29) is 6.42 Å². The fourth-order valence-corrected chi connectivity index (χ4v) is 4.66. The highest BCUT2D eigenvalue weighted by molar-refractivity contribution is 7.87. The van der Waals surface area contributed by atoms with Crippen LogP contribution in [0.5, 0.6) is 0 Å². The Morgan fingerprint density at radius 3 is 2.61 bits per heavy atom. The molecule has 3 aliphatic rings. The standard InChI is InChI=1S/C14H20O8S/c1-4-14(2,3)13(16)19-6-9(15)21-10-7-5-8-11(20-7)12(10)22-23(8,17)18/h7-8,10-12H,4-6H2,1-3H3. The number of hydrogen-bond donors (Lipinski definition) is 0. The summed E-state index contributed by atoms with van der Waals surface area (Å²) in [5, 5.41) is -0.671. The molecule has 0 radical (unpaired) electrons. The lowest BCUT2D eigenvalue weighted by Gasteiger charge is -2.23. The molecular formula is C14H20O8S. The quantitative estimate of drug-likeness (QED) is 0.510. The maximum Gasteiger partial charge on any atom is 0.344 e. The zero-order chi connectivity index (χ0) is 17.0. The molecule has 0 aromatic rings. The Balaban J connectivity index is 1.55. The van der Waals surface area contributed by atoms with Crippen LogP contribution in [0, 0.1) is 5.41 Å². The molecule has 2 bridgehead atoms. The third-order valence-corrected chi connectivity index (χ3v) is 6.51. The fraction of sp³-hybridized carbons (Fsp3) is 0.857. The molecule has 23 heavy (non-hydrogen) atoms. The van der Waals surface area contributed by atoms with Crippen molar-refractivity contribution in [3.63, 3.8) is 0 Å². The van der Waals surface area contributed by atoms with Crippen LogP contribution in [-0.2, 0) is 38.1 Å². The van der Waals surface area contributed by atoms with Gasteiger partial charge >= 0.3 is 11.9 Å². The van der Waals surface area contributed by atoms with Gasteiger partial charge in [0.25, 0.3) is 10.1 Å². The summed E-state index contributed by atoms with van der Waals surface area (Å²) < 4.78 is 44.2. The molecule has 3 heterocycles. The van der Waals surface area contributed by atoms with Crippen molar-refractivity contribution in [2.75, 3.05) is 6.61 Å². The topological polar surface area (TPSA) is 105 Å². The first-order chi connectivity index (χ1) is 10.7. The van der Waals surface area contributed by atoms with E-state index in [2.05, 4.69) is 0 Å². The van der Waals surface area contributed by atoms with E-state index in [0.29, 0.717) is 6.42 Å². The first-order valence-electron chi connectivity index (χ1n) is 7.60. The second-order valence-electron chi connectivity index (χ2n) is 6.73. The number of carbonyl (C=O) groups is 2. The van der Waals surface area contributed by atoms with Crippen molar-refractivity contribution in [1.29, 1.82) is 0 Å². The van der Waals surface area contributed by atoms with Crippen LogP contribution in [0.15, 0.2) is 0 Å². The highest BCUT2D eigenvalue weighted by atomic mass is 32.2. The highest BCUT2D eigenvalue weighted by Crippen LogP contribution is 2.47. The van der Waals surface area contributed by atoms with Gasteiger partial charge in [-0.05, 0) is 26.7 Å². The molecule has 0 saturated carbocycles. The van der Waals surface area contributed by atoms with Crippen molar-refractivity contribution in [3.8, 4) is 0 Å². The lowest BCUT2D eigenvalue weighted by molar-refractivity contribution is -0.170. The summed E-state index contributed by atoms with van der Waals surface area (Å²) in [4.78, 5) is 23.7. The van der Waals surface area contributed by atoms with Crippen LogP contribution in [0.3, 0.4) is 0 Å². The second kappa shape index (κ2) is 5.42. The summed E-state index contributed by atoms with van der Waals surface area (Å²) in [6, 6.07) is 0. The molecule has 5 unspecified atom stereocenters. The van der Waals surface area contributed by atoms with E-state index in [9.17, 15) is 18.0 Å². The van der Waals surface area contributed by atoms with E-state index in [1.165, 1.54) is 0 Å². The Bertz CT molecular complexity index is 625. The van der Waals surface area contributed by atoms with Crippen LogP contribution >= 0.6 is 0 Å². The Hall–Kier alpha value is -1.19. The molecule has 0 amide bonds.